The topological polar surface area (TPSA) is 64.1 Å². The van der Waals surface area contributed by atoms with E-state index in [2.05, 4.69) is 40.7 Å². The van der Waals surface area contributed by atoms with Crippen LogP contribution < -0.4 is 20.1 Å². The minimum absolute atomic E-state index is 0. The van der Waals surface area contributed by atoms with Crippen LogP contribution >= 0.6 is 24.0 Å². The summed E-state index contributed by atoms with van der Waals surface area (Å²) in [5.74, 6) is 1.85. The van der Waals surface area contributed by atoms with Crippen LogP contribution in [0.1, 0.15) is 24.5 Å². The quantitative estimate of drug-likeness (QED) is 0.274. The highest BCUT2D eigenvalue weighted by molar-refractivity contribution is 14.0. The summed E-state index contributed by atoms with van der Waals surface area (Å²) < 4.78 is 31.0. The van der Waals surface area contributed by atoms with Crippen LogP contribution in [0.5, 0.6) is 11.5 Å². The first-order valence-corrected chi connectivity index (χ1v) is 10.7. The number of aryl methyl sites for hydroxylation is 1. The molecule has 2 unspecified atom stereocenters. The van der Waals surface area contributed by atoms with Gasteiger partial charge in [-0.25, -0.2) is 4.39 Å². The average Bonchev–Trinajstić information content (AvgIpc) is 3.28. The first kappa shape index (κ1) is 26.2. The molecule has 0 amide bonds. The van der Waals surface area contributed by atoms with E-state index in [0.29, 0.717) is 31.6 Å². The van der Waals surface area contributed by atoms with Crippen molar-refractivity contribution in [2.75, 3.05) is 33.4 Å². The fraction of sp³-hybridized carbons (Fsp3) is 0.458. The number of ether oxygens (including phenoxy) is 3. The van der Waals surface area contributed by atoms with Crippen molar-refractivity contribution in [3.05, 3.63) is 59.4 Å². The van der Waals surface area contributed by atoms with Crippen LogP contribution in [-0.2, 0) is 11.3 Å². The standard InChI is InChI=1S/C24H32FN3O3.HI/c1-17-8-9-20(23(12-17)30-16-19-10-11-29-15-19)14-28-24(26-3)27-13-18(2)31-22-7-5-4-6-21(22)25;/h4-9,12,18-19H,10-11,13-16H2,1-3H3,(H2,26,27,28);1H. The summed E-state index contributed by atoms with van der Waals surface area (Å²) in [6.07, 6.45) is 0.811. The van der Waals surface area contributed by atoms with Crippen LogP contribution in [0, 0.1) is 18.7 Å². The van der Waals surface area contributed by atoms with Crippen LogP contribution in [0.3, 0.4) is 0 Å². The van der Waals surface area contributed by atoms with E-state index in [4.69, 9.17) is 14.2 Å². The van der Waals surface area contributed by atoms with Crippen molar-refractivity contribution in [3.63, 3.8) is 0 Å². The Kier molecular flexibility index (Phi) is 11.0. The highest BCUT2D eigenvalue weighted by Gasteiger charge is 2.17. The van der Waals surface area contributed by atoms with Crippen molar-refractivity contribution < 1.29 is 18.6 Å². The molecule has 8 heteroatoms. The van der Waals surface area contributed by atoms with E-state index in [-0.39, 0.29) is 41.6 Å². The molecular weight excluding hydrogens is 524 g/mol. The second kappa shape index (κ2) is 13.5. The Morgan fingerprint density at radius 3 is 2.75 bits per heavy atom. The van der Waals surface area contributed by atoms with Gasteiger partial charge < -0.3 is 24.8 Å². The summed E-state index contributed by atoms with van der Waals surface area (Å²) in [7, 11) is 1.71. The van der Waals surface area contributed by atoms with Gasteiger partial charge in [-0.05, 0) is 44.0 Å². The van der Waals surface area contributed by atoms with Crippen molar-refractivity contribution in [1.29, 1.82) is 0 Å². The Hall–Kier alpha value is -2.07. The van der Waals surface area contributed by atoms with E-state index in [0.717, 1.165) is 36.5 Å². The predicted molar refractivity (Wildman–Crippen MR) is 136 cm³/mol. The molecule has 3 rings (SSSR count). The SMILES string of the molecule is CN=C(NCc1ccc(C)cc1OCC1CCOC1)NCC(C)Oc1ccccc1F.I. The monoisotopic (exact) mass is 557 g/mol. The zero-order chi connectivity index (χ0) is 22.1. The number of hydrogen-bond acceptors (Lipinski definition) is 4. The van der Waals surface area contributed by atoms with Gasteiger partial charge in [0.15, 0.2) is 17.5 Å². The van der Waals surface area contributed by atoms with Crippen molar-refractivity contribution in [2.45, 2.75) is 32.9 Å². The number of guanidine groups is 1. The number of para-hydroxylation sites is 1. The molecule has 32 heavy (non-hydrogen) atoms. The average molecular weight is 557 g/mol. The minimum Gasteiger partial charge on any atom is -0.493 e. The van der Waals surface area contributed by atoms with E-state index in [1.807, 2.05) is 6.92 Å². The third-order valence-corrected chi connectivity index (χ3v) is 5.11. The minimum atomic E-state index is -0.368. The third kappa shape index (κ3) is 8.12. The van der Waals surface area contributed by atoms with E-state index in [9.17, 15) is 4.39 Å². The van der Waals surface area contributed by atoms with Crippen molar-refractivity contribution in [3.8, 4) is 11.5 Å². The van der Waals surface area contributed by atoms with Gasteiger partial charge in [0.1, 0.15) is 11.9 Å². The zero-order valence-electron chi connectivity index (χ0n) is 18.9. The normalized spacial score (nSPS) is 16.8. The van der Waals surface area contributed by atoms with Crippen molar-refractivity contribution in [1.82, 2.24) is 10.6 Å². The van der Waals surface area contributed by atoms with E-state index >= 15 is 0 Å². The van der Waals surface area contributed by atoms with Crippen LogP contribution in [0.25, 0.3) is 0 Å². The summed E-state index contributed by atoms with van der Waals surface area (Å²) in [5.41, 5.74) is 2.21. The van der Waals surface area contributed by atoms with E-state index < -0.39 is 0 Å². The molecule has 6 nitrogen and oxygen atoms in total. The van der Waals surface area contributed by atoms with Gasteiger partial charge in [0.05, 0.1) is 19.8 Å². The maximum Gasteiger partial charge on any atom is 0.191 e. The van der Waals surface area contributed by atoms with Gasteiger partial charge in [0.2, 0.25) is 0 Å². The Morgan fingerprint density at radius 1 is 1.22 bits per heavy atom. The predicted octanol–water partition coefficient (Wildman–Crippen LogP) is 4.30. The summed E-state index contributed by atoms with van der Waals surface area (Å²) in [5, 5.41) is 6.53. The molecule has 2 atom stereocenters. The molecule has 1 heterocycles. The summed E-state index contributed by atoms with van der Waals surface area (Å²) in [4.78, 5) is 4.26. The van der Waals surface area contributed by atoms with Gasteiger partial charge in [0.25, 0.3) is 0 Å². The van der Waals surface area contributed by atoms with Gasteiger partial charge in [-0.1, -0.05) is 24.3 Å². The van der Waals surface area contributed by atoms with Gasteiger partial charge >= 0.3 is 0 Å². The molecule has 0 bridgehead atoms. The second-order valence-electron chi connectivity index (χ2n) is 7.82. The molecule has 2 aromatic rings. The number of halogens is 2. The molecule has 1 saturated heterocycles. The Balaban J connectivity index is 0.00000363. The molecule has 0 radical (unpaired) electrons. The molecule has 0 aromatic heterocycles. The molecular formula is C24H33FIN3O3. The smallest absolute Gasteiger partial charge is 0.191 e. The largest absolute Gasteiger partial charge is 0.493 e. The number of rotatable bonds is 9. The lowest BCUT2D eigenvalue weighted by Crippen LogP contribution is -2.41. The molecule has 0 aliphatic carbocycles. The van der Waals surface area contributed by atoms with E-state index in [1.54, 1.807) is 25.2 Å². The van der Waals surface area contributed by atoms with E-state index in [1.165, 1.54) is 6.07 Å². The molecule has 0 spiro atoms. The second-order valence-corrected chi connectivity index (χ2v) is 7.82. The first-order chi connectivity index (χ1) is 15.0. The highest BCUT2D eigenvalue weighted by atomic mass is 127. The highest BCUT2D eigenvalue weighted by Crippen LogP contribution is 2.22. The first-order valence-electron chi connectivity index (χ1n) is 10.7. The lowest BCUT2D eigenvalue weighted by Gasteiger charge is -2.19. The van der Waals surface area contributed by atoms with Crippen LogP contribution in [0.2, 0.25) is 0 Å². The molecule has 1 aliphatic heterocycles. The van der Waals surface area contributed by atoms with Crippen molar-refractivity contribution >= 4 is 29.9 Å². The molecule has 1 fully saturated rings. The zero-order valence-corrected chi connectivity index (χ0v) is 21.2. The molecule has 0 saturated carbocycles. The Bertz CT molecular complexity index is 875. The molecule has 176 valence electrons. The summed E-state index contributed by atoms with van der Waals surface area (Å²) >= 11 is 0. The molecule has 1 aliphatic rings. The van der Waals surface area contributed by atoms with Crippen molar-refractivity contribution in [2.24, 2.45) is 10.9 Å². The Labute approximate surface area is 207 Å². The van der Waals surface area contributed by atoms with Gasteiger partial charge in [-0.2, -0.15) is 0 Å². The summed E-state index contributed by atoms with van der Waals surface area (Å²) in [6, 6.07) is 12.6. The molecule has 2 N–H and O–H groups in total. The number of nitrogens with zero attached hydrogens (tertiary/aromatic N) is 1. The van der Waals surface area contributed by atoms with Gasteiger partial charge in [0, 0.05) is 31.7 Å². The lowest BCUT2D eigenvalue weighted by atomic mass is 10.1. The lowest BCUT2D eigenvalue weighted by molar-refractivity contribution is 0.166. The fourth-order valence-electron chi connectivity index (χ4n) is 3.30. The third-order valence-electron chi connectivity index (χ3n) is 5.11. The van der Waals surface area contributed by atoms with Crippen LogP contribution in [-0.4, -0.2) is 45.5 Å². The van der Waals surface area contributed by atoms with Crippen LogP contribution in [0.4, 0.5) is 4.39 Å². The fourth-order valence-corrected chi connectivity index (χ4v) is 3.30. The molecule has 2 aromatic carbocycles. The number of nitrogens with one attached hydrogen (secondary N) is 2. The summed E-state index contributed by atoms with van der Waals surface area (Å²) in [6.45, 7) is 7.23. The number of aliphatic imine (C=N–C) groups is 1. The van der Waals surface area contributed by atoms with Crippen LogP contribution in [0.15, 0.2) is 47.5 Å². The number of benzene rings is 2. The number of hydrogen-bond donors (Lipinski definition) is 2. The Morgan fingerprint density at radius 2 is 2.03 bits per heavy atom. The van der Waals surface area contributed by atoms with Gasteiger partial charge in [-0.15, -0.1) is 24.0 Å². The van der Waals surface area contributed by atoms with Gasteiger partial charge in [-0.3, -0.25) is 4.99 Å². The maximum atomic E-state index is 13.8. The maximum absolute atomic E-state index is 13.8.